The first-order valence-corrected chi connectivity index (χ1v) is 7.11. The van der Waals surface area contributed by atoms with Crippen LogP contribution in [0.2, 0.25) is 0 Å². The van der Waals surface area contributed by atoms with E-state index in [0.29, 0.717) is 6.04 Å². The van der Waals surface area contributed by atoms with E-state index in [9.17, 15) is 0 Å². The van der Waals surface area contributed by atoms with E-state index in [2.05, 4.69) is 47.2 Å². The highest BCUT2D eigenvalue weighted by molar-refractivity contribution is 5.86. The summed E-state index contributed by atoms with van der Waals surface area (Å²) in [6.07, 6.45) is 3.79. The predicted octanol–water partition coefficient (Wildman–Crippen LogP) is 2.66. The van der Waals surface area contributed by atoms with Gasteiger partial charge < -0.3 is 0 Å². The monoisotopic (exact) mass is 281 g/mol. The van der Waals surface area contributed by atoms with Crippen molar-refractivity contribution in [3.8, 4) is 5.69 Å². The smallest absolute Gasteiger partial charge is 0.0971 e. The van der Waals surface area contributed by atoms with Gasteiger partial charge in [0.2, 0.25) is 0 Å². The van der Waals surface area contributed by atoms with Gasteiger partial charge in [-0.3, -0.25) is 9.88 Å². The molecule has 3 rings (SSSR count). The molecule has 0 N–H and O–H groups in total. The number of pyridine rings is 1. The molecule has 0 unspecified atom stereocenters. The molecule has 2 heterocycles. The second-order valence-corrected chi connectivity index (χ2v) is 5.51. The zero-order valence-corrected chi connectivity index (χ0v) is 12.6. The van der Waals surface area contributed by atoms with E-state index in [4.69, 9.17) is 0 Å². The Bertz CT molecular complexity index is 742. The number of fused-ring (bicyclic) bond motifs is 1. The average molecular weight is 281 g/mol. The van der Waals surface area contributed by atoms with Crippen molar-refractivity contribution >= 4 is 10.9 Å². The van der Waals surface area contributed by atoms with E-state index in [1.165, 1.54) is 0 Å². The molecule has 5 nitrogen and oxygen atoms in total. The molecule has 0 aliphatic heterocycles. The van der Waals surface area contributed by atoms with Crippen LogP contribution in [0.3, 0.4) is 0 Å². The lowest BCUT2D eigenvalue weighted by Crippen LogP contribution is -2.25. The number of rotatable bonds is 4. The van der Waals surface area contributed by atoms with Gasteiger partial charge in [0.05, 0.1) is 23.1 Å². The zero-order chi connectivity index (χ0) is 14.8. The molecule has 1 aromatic carbocycles. The van der Waals surface area contributed by atoms with E-state index < -0.39 is 0 Å². The summed E-state index contributed by atoms with van der Waals surface area (Å²) in [5.41, 5.74) is 2.94. The first-order valence-electron chi connectivity index (χ1n) is 7.11. The van der Waals surface area contributed by atoms with Gasteiger partial charge >= 0.3 is 0 Å². The molecule has 0 aliphatic rings. The Morgan fingerprint density at radius 3 is 2.86 bits per heavy atom. The largest absolute Gasteiger partial charge is 0.298 e. The van der Waals surface area contributed by atoms with E-state index in [1.54, 1.807) is 6.20 Å². The second kappa shape index (κ2) is 5.61. The number of aromatic nitrogens is 4. The third kappa shape index (κ3) is 2.78. The van der Waals surface area contributed by atoms with Gasteiger partial charge in [0.1, 0.15) is 0 Å². The van der Waals surface area contributed by atoms with E-state index >= 15 is 0 Å². The van der Waals surface area contributed by atoms with Crippen LogP contribution in [-0.4, -0.2) is 38.0 Å². The minimum absolute atomic E-state index is 0.483. The molecule has 0 saturated carbocycles. The Morgan fingerprint density at radius 1 is 1.19 bits per heavy atom. The fourth-order valence-electron chi connectivity index (χ4n) is 2.21. The van der Waals surface area contributed by atoms with Crippen LogP contribution in [0.1, 0.15) is 19.5 Å². The fraction of sp³-hybridized carbons (Fsp3) is 0.312. The SMILES string of the molecule is CC(C)N(C)Cc1cn(-c2cccc3ncccc23)nn1. The van der Waals surface area contributed by atoms with Gasteiger partial charge in [-0.15, -0.1) is 5.10 Å². The summed E-state index contributed by atoms with van der Waals surface area (Å²) in [4.78, 5) is 6.61. The Hall–Kier alpha value is -2.27. The standard InChI is InChI=1S/C16H19N5/c1-12(2)20(3)10-13-11-21(19-18-13)16-8-4-7-15-14(16)6-5-9-17-15/h4-9,11-12H,10H2,1-3H3. The van der Waals surface area contributed by atoms with Crippen LogP contribution >= 0.6 is 0 Å². The predicted molar refractivity (Wildman–Crippen MR) is 83.3 cm³/mol. The molecular weight excluding hydrogens is 262 g/mol. The summed E-state index contributed by atoms with van der Waals surface area (Å²) in [7, 11) is 2.09. The number of hydrogen-bond donors (Lipinski definition) is 0. The fourth-order valence-corrected chi connectivity index (χ4v) is 2.21. The third-order valence-corrected chi connectivity index (χ3v) is 3.70. The first-order chi connectivity index (χ1) is 10.1. The van der Waals surface area contributed by atoms with E-state index in [0.717, 1.165) is 28.8 Å². The molecule has 0 aliphatic carbocycles. The maximum Gasteiger partial charge on any atom is 0.0971 e. The lowest BCUT2D eigenvalue weighted by atomic mass is 10.2. The lowest BCUT2D eigenvalue weighted by molar-refractivity contribution is 0.262. The summed E-state index contributed by atoms with van der Waals surface area (Å²) in [6, 6.07) is 10.5. The van der Waals surface area contributed by atoms with Crippen LogP contribution in [0.25, 0.3) is 16.6 Å². The molecule has 0 atom stereocenters. The Kier molecular flexibility index (Phi) is 3.66. The molecule has 0 amide bonds. The average Bonchev–Trinajstić information content (AvgIpc) is 2.95. The molecule has 5 heteroatoms. The molecule has 21 heavy (non-hydrogen) atoms. The second-order valence-electron chi connectivity index (χ2n) is 5.51. The normalized spacial score (nSPS) is 11.7. The summed E-state index contributed by atoms with van der Waals surface area (Å²) in [5, 5.41) is 9.61. The van der Waals surface area contributed by atoms with Gasteiger partial charge in [0.15, 0.2) is 0 Å². The van der Waals surface area contributed by atoms with Crippen LogP contribution in [0.15, 0.2) is 42.7 Å². The Morgan fingerprint density at radius 2 is 2.05 bits per heavy atom. The van der Waals surface area contributed by atoms with Crippen molar-refractivity contribution in [3.05, 3.63) is 48.4 Å². The van der Waals surface area contributed by atoms with Crippen molar-refractivity contribution < 1.29 is 0 Å². The van der Waals surface area contributed by atoms with Crippen molar-refractivity contribution in [1.82, 2.24) is 24.9 Å². The minimum Gasteiger partial charge on any atom is -0.298 e. The molecule has 108 valence electrons. The van der Waals surface area contributed by atoms with Crippen molar-refractivity contribution in [2.24, 2.45) is 0 Å². The van der Waals surface area contributed by atoms with Crippen LogP contribution in [-0.2, 0) is 6.54 Å². The van der Waals surface area contributed by atoms with E-state index in [-0.39, 0.29) is 0 Å². The van der Waals surface area contributed by atoms with Crippen LogP contribution in [0, 0.1) is 0 Å². The Balaban J connectivity index is 1.95. The van der Waals surface area contributed by atoms with Gasteiger partial charge in [-0.2, -0.15) is 0 Å². The minimum atomic E-state index is 0.483. The van der Waals surface area contributed by atoms with Gasteiger partial charge in [-0.1, -0.05) is 11.3 Å². The molecular formula is C16H19N5. The summed E-state index contributed by atoms with van der Waals surface area (Å²) in [6.45, 7) is 5.13. The third-order valence-electron chi connectivity index (χ3n) is 3.70. The molecule has 3 aromatic rings. The van der Waals surface area contributed by atoms with Crippen molar-refractivity contribution in [3.63, 3.8) is 0 Å². The van der Waals surface area contributed by atoms with Crippen LogP contribution < -0.4 is 0 Å². The number of benzene rings is 1. The summed E-state index contributed by atoms with van der Waals surface area (Å²) in [5.74, 6) is 0. The molecule has 0 spiro atoms. The molecule has 0 saturated heterocycles. The van der Waals surface area contributed by atoms with Crippen LogP contribution in [0.5, 0.6) is 0 Å². The molecule has 0 fully saturated rings. The Labute approximate surface area is 124 Å². The maximum atomic E-state index is 4.38. The van der Waals surface area contributed by atoms with Crippen LogP contribution in [0.4, 0.5) is 0 Å². The highest BCUT2D eigenvalue weighted by Crippen LogP contribution is 2.19. The maximum absolute atomic E-state index is 4.38. The zero-order valence-electron chi connectivity index (χ0n) is 12.6. The van der Waals surface area contributed by atoms with Crippen molar-refractivity contribution in [2.45, 2.75) is 26.4 Å². The molecule has 0 radical (unpaired) electrons. The van der Waals surface area contributed by atoms with Gasteiger partial charge in [-0.25, -0.2) is 4.68 Å². The summed E-state index contributed by atoms with van der Waals surface area (Å²) < 4.78 is 1.83. The summed E-state index contributed by atoms with van der Waals surface area (Å²) >= 11 is 0. The molecule has 0 bridgehead atoms. The van der Waals surface area contributed by atoms with Crippen molar-refractivity contribution in [1.29, 1.82) is 0 Å². The number of nitrogens with zero attached hydrogens (tertiary/aromatic N) is 5. The first kappa shape index (κ1) is 13.7. The topological polar surface area (TPSA) is 46.8 Å². The number of hydrogen-bond acceptors (Lipinski definition) is 4. The lowest BCUT2D eigenvalue weighted by Gasteiger charge is -2.18. The highest BCUT2D eigenvalue weighted by atomic mass is 15.4. The van der Waals surface area contributed by atoms with Crippen molar-refractivity contribution in [2.75, 3.05) is 7.05 Å². The van der Waals surface area contributed by atoms with E-state index in [1.807, 2.05) is 35.1 Å². The highest BCUT2D eigenvalue weighted by Gasteiger charge is 2.10. The quantitative estimate of drug-likeness (QED) is 0.737. The van der Waals surface area contributed by atoms with Gasteiger partial charge in [-0.05, 0) is 45.2 Å². The van der Waals surface area contributed by atoms with Gasteiger partial charge in [0, 0.05) is 24.2 Å². The molecule has 2 aromatic heterocycles. The van der Waals surface area contributed by atoms with Gasteiger partial charge in [0.25, 0.3) is 0 Å².